The van der Waals surface area contributed by atoms with E-state index >= 15 is 0 Å². The number of carbonyl (C=O) groups excluding carboxylic acids is 2. The zero-order chi connectivity index (χ0) is 27.4. The van der Waals surface area contributed by atoms with E-state index in [4.69, 9.17) is 23.7 Å². The van der Waals surface area contributed by atoms with Gasteiger partial charge in [0.2, 0.25) is 11.6 Å². The van der Waals surface area contributed by atoms with Crippen LogP contribution in [0.4, 0.5) is 0 Å². The smallest absolute Gasteiger partial charge is 0.320 e. The van der Waals surface area contributed by atoms with Gasteiger partial charge in [-0.1, -0.05) is 48.6 Å². The van der Waals surface area contributed by atoms with Gasteiger partial charge in [-0.25, -0.2) is 0 Å². The Morgan fingerprint density at radius 2 is 1.03 bits per heavy atom. The Morgan fingerprint density at radius 1 is 0.641 bits per heavy atom. The van der Waals surface area contributed by atoms with Gasteiger partial charge in [0.05, 0.1) is 12.2 Å². The van der Waals surface area contributed by atoms with Crippen LogP contribution in [0.5, 0.6) is 11.5 Å². The van der Waals surface area contributed by atoms with Gasteiger partial charge in [0.15, 0.2) is 0 Å². The molecule has 0 aromatic heterocycles. The Labute approximate surface area is 221 Å². The van der Waals surface area contributed by atoms with Crippen molar-refractivity contribution in [2.45, 2.75) is 23.8 Å². The summed E-state index contributed by atoms with van der Waals surface area (Å²) in [6.45, 7) is 0. The predicted octanol–water partition coefficient (Wildman–Crippen LogP) is 2.18. The zero-order valence-corrected chi connectivity index (χ0v) is 20.1. The van der Waals surface area contributed by atoms with Gasteiger partial charge in [-0.15, -0.1) is 0 Å². The molecule has 8 atom stereocenters. The van der Waals surface area contributed by atoms with Crippen LogP contribution in [-0.4, -0.2) is 57.9 Å². The number of hydrogen-bond donors (Lipinski definition) is 2. The van der Waals surface area contributed by atoms with E-state index < -0.39 is 71.3 Å². The van der Waals surface area contributed by atoms with E-state index in [0.29, 0.717) is 11.5 Å². The summed E-state index contributed by atoms with van der Waals surface area (Å²) in [6, 6.07) is 16.7. The molecule has 4 aliphatic rings. The molecule has 4 bridgehead atoms. The SMILES string of the molecule is O=C(OC(=O)C1C2C=CC(Oc3ccccc3)(O2)C1C(=O)O)C1C2C=CC(Oc3ccccc3)(O2)C1C(=O)O. The van der Waals surface area contributed by atoms with Gasteiger partial charge in [-0.05, 0) is 36.4 Å². The Morgan fingerprint density at radius 3 is 1.38 bits per heavy atom. The molecule has 4 heterocycles. The number of hydrogen-bond acceptors (Lipinski definition) is 9. The van der Waals surface area contributed by atoms with Gasteiger partial charge in [0, 0.05) is 0 Å². The van der Waals surface area contributed by atoms with Crippen LogP contribution in [0.2, 0.25) is 0 Å². The highest BCUT2D eigenvalue weighted by Gasteiger charge is 2.67. The minimum Gasteiger partial charge on any atom is -0.481 e. The molecule has 0 saturated carbocycles. The van der Waals surface area contributed by atoms with Crippen molar-refractivity contribution < 1.29 is 53.1 Å². The zero-order valence-electron chi connectivity index (χ0n) is 20.1. The lowest BCUT2D eigenvalue weighted by atomic mass is 9.80. The van der Waals surface area contributed by atoms with E-state index in [1.54, 1.807) is 60.7 Å². The molecule has 4 aliphatic heterocycles. The standard InChI is InChI=1S/C28H22O11/c29-23(30)21-19(17-11-13-27(21,38-17)36-15-7-3-1-4-8-15)25(33)35-26(34)20-18-12-14-28(39-18,22(20)24(31)32)37-16-9-5-2-6-10-16/h1-14,17-22H,(H,29,30)(H,31,32). The molecule has 11 nitrogen and oxygen atoms in total. The first kappa shape index (κ1) is 24.8. The van der Waals surface area contributed by atoms with Gasteiger partial charge in [0.25, 0.3) is 0 Å². The molecule has 8 unspecified atom stereocenters. The second-order valence-corrected chi connectivity index (χ2v) is 9.58. The van der Waals surface area contributed by atoms with Crippen LogP contribution in [0.15, 0.2) is 85.0 Å². The summed E-state index contributed by atoms with van der Waals surface area (Å²) < 4.78 is 28.4. The largest absolute Gasteiger partial charge is 0.481 e. The monoisotopic (exact) mass is 534 g/mol. The molecule has 2 aromatic carbocycles. The van der Waals surface area contributed by atoms with Gasteiger partial charge in [-0.3, -0.25) is 19.2 Å². The Balaban J connectivity index is 1.22. The van der Waals surface area contributed by atoms with Crippen molar-refractivity contribution in [2.24, 2.45) is 23.7 Å². The fraction of sp³-hybridized carbons (Fsp3) is 0.286. The normalized spacial score (nSPS) is 35.1. The molecule has 0 amide bonds. The molecule has 0 radical (unpaired) electrons. The molecular formula is C28H22O11. The van der Waals surface area contributed by atoms with Crippen molar-refractivity contribution in [3.05, 3.63) is 85.0 Å². The van der Waals surface area contributed by atoms with Crippen molar-refractivity contribution in [1.82, 2.24) is 0 Å². The molecule has 0 aliphatic carbocycles. The quantitative estimate of drug-likeness (QED) is 0.291. The van der Waals surface area contributed by atoms with E-state index in [-0.39, 0.29) is 0 Å². The van der Waals surface area contributed by atoms with Gasteiger partial charge >= 0.3 is 23.9 Å². The van der Waals surface area contributed by atoms with Crippen LogP contribution in [0.3, 0.4) is 0 Å². The summed E-state index contributed by atoms with van der Waals surface area (Å²) in [6.07, 6.45) is 3.74. The third-order valence-corrected chi connectivity index (χ3v) is 7.29. The molecule has 39 heavy (non-hydrogen) atoms. The highest BCUT2D eigenvalue weighted by molar-refractivity contribution is 5.94. The number of carboxylic acid groups (broad SMARTS) is 2. The summed E-state index contributed by atoms with van der Waals surface area (Å²) in [4.78, 5) is 51.1. The molecule has 200 valence electrons. The summed E-state index contributed by atoms with van der Waals surface area (Å²) in [5.41, 5.74) is 0. The molecule has 2 N–H and O–H groups in total. The van der Waals surface area contributed by atoms with E-state index in [0.717, 1.165) is 0 Å². The highest BCUT2D eigenvalue weighted by Crippen LogP contribution is 2.51. The van der Waals surface area contributed by atoms with Gasteiger partial charge < -0.3 is 33.9 Å². The van der Waals surface area contributed by atoms with Crippen LogP contribution < -0.4 is 9.47 Å². The summed E-state index contributed by atoms with van der Waals surface area (Å²) in [7, 11) is 0. The minimum atomic E-state index is -1.79. The van der Waals surface area contributed by atoms with E-state index in [1.165, 1.54) is 24.3 Å². The van der Waals surface area contributed by atoms with Crippen molar-refractivity contribution in [3.63, 3.8) is 0 Å². The van der Waals surface area contributed by atoms with E-state index in [1.807, 2.05) is 0 Å². The molecule has 2 saturated heterocycles. The van der Waals surface area contributed by atoms with E-state index in [9.17, 15) is 29.4 Å². The summed E-state index contributed by atoms with van der Waals surface area (Å²) in [5.74, 6) is -14.0. The lowest BCUT2D eigenvalue weighted by molar-refractivity contribution is -0.177. The van der Waals surface area contributed by atoms with Crippen molar-refractivity contribution in [2.75, 3.05) is 0 Å². The minimum absolute atomic E-state index is 0.318. The van der Waals surface area contributed by atoms with Crippen LogP contribution in [-0.2, 0) is 33.4 Å². The lowest BCUT2D eigenvalue weighted by Crippen LogP contribution is -2.49. The fourth-order valence-electron chi connectivity index (χ4n) is 5.68. The van der Waals surface area contributed by atoms with Crippen LogP contribution in [0.1, 0.15) is 0 Å². The predicted molar refractivity (Wildman–Crippen MR) is 128 cm³/mol. The van der Waals surface area contributed by atoms with Gasteiger partial charge in [-0.2, -0.15) is 0 Å². The van der Waals surface area contributed by atoms with E-state index in [2.05, 4.69) is 0 Å². The summed E-state index contributed by atoms with van der Waals surface area (Å²) >= 11 is 0. The maximum absolute atomic E-state index is 13.3. The number of benzene rings is 2. The van der Waals surface area contributed by atoms with Gasteiger partial charge in [0.1, 0.15) is 35.2 Å². The first-order chi connectivity index (χ1) is 18.7. The summed E-state index contributed by atoms with van der Waals surface area (Å²) in [5, 5.41) is 20.0. The van der Waals surface area contributed by atoms with Crippen molar-refractivity contribution >= 4 is 23.9 Å². The first-order valence-corrected chi connectivity index (χ1v) is 12.2. The molecule has 0 spiro atoms. The number of carboxylic acids is 2. The third kappa shape index (κ3) is 3.98. The number of esters is 2. The average molecular weight is 534 g/mol. The third-order valence-electron chi connectivity index (χ3n) is 7.29. The molecule has 6 rings (SSSR count). The first-order valence-electron chi connectivity index (χ1n) is 12.2. The van der Waals surface area contributed by atoms with Crippen molar-refractivity contribution in [1.29, 1.82) is 0 Å². The Hall–Kier alpha value is -4.48. The Kier molecular flexibility index (Phi) is 5.77. The number of carbonyl (C=O) groups is 4. The van der Waals surface area contributed by atoms with Crippen LogP contribution in [0.25, 0.3) is 0 Å². The molecular weight excluding hydrogens is 512 g/mol. The number of fused-ring (bicyclic) bond motifs is 4. The lowest BCUT2D eigenvalue weighted by Gasteiger charge is -2.31. The molecule has 11 heteroatoms. The number of aliphatic carboxylic acids is 2. The van der Waals surface area contributed by atoms with Crippen LogP contribution >= 0.6 is 0 Å². The van der Waals surface area contributed by atoms with Crippen LogP contribution in [0, 0.1) is 23.7 Å². The number of para-hydroxylation sites is 2. The average Bonchev–Trinajstić information content (AvgIpc) is 3.66. The highest BCUT2D eigenvalue weighted by atomic mass is 16.7. The number of ether oxygens (including phenoxy) is 5. The second-order valence-electron chi connectivity index (χ2n) is 9.58. The van der Waals surface area contributed by atoms with Crippen molar-refractivity contribution in [3.8, 4) is 11.5 Å². The maximum Gasteiger partial charge on any atom is 0.320 e. The second kappa shape index (κ2) is 9.07. The number of rotatable bonds is 8. The topological polar surface area (TPSA) is 155 Å². The molecule has 2 fully saturated rings. The molecule has 2 aromatic rings. The Bertz CT molecular complexity index is 1280. The maximum atomic E-state index is 13.3. The fourth-order valence-corrected chi connectivity index (χ4v) is 5.68.